The Bertz CT molecular complexity index is 647. The van der Waals surface area contributed by atoms with E-state index in [4.69, 9.17) is 4.74 Å². The van der Waals surface area contributed by atoms with Gasteiger partial charge >= 0.3 is 0 Å². The minimum atomic E-state index is 0.202. The first kappa shape index (κ1) is 18.0. The van der Waals surface area contributed by atoms with Crippen LogP contribution in [0, 0.1) is 18.3 Å². The molecule has 4 heteroatoms. The largest absolute Gasteiger partial charge is 0.380 e. The Morgan fingerprint density at radius 1 is 1.19 bits per heavy atom. The Labute approximate surface area is 157 Å². The quantitative estimate of drug-likeness (QED) is 0.811. The average Bonchev–Trinajstić information content (AvgIpc) is 3.40. The summed E-state index contributed by atoms with van der Waals surface area (Å²) >= 11 is 0. The van der Waals surface area contributed by atoms with E-state index in [1.807, 2.05) is 31.2 Å². The number of benzene rings is 1. The molecular formula is C22H32N2O2. The van der Waals surface area contributed by atoms with Gasteiger partial charge in [-0.3, -0.25) is 4.79 Å². The number of hydrogen-bond acceptors (Lipinski definition) is 3. The zero-order valence-electron chi connectivity index (χ0n) is 16.2. The first-order valence-corrected chi connectivity index (χ1v) is 10.2. The molecule has 4 rings (SSSR count). The van der Waals surface area contributed by atoms with Crippen LogP contribution in [0.15, 0.2) is 24.3 Å². The molecule has 26 heavy (non-hydrogen) atoms. The zero-order chi connectivity index (χ0) is 18.1. The summed E-state index contributed by atoms with van der Waals surface area (Å²) in [6.45, 7) is 6.78. The third kappa shape index (κ3) is 3.81. The van der Waals surface area contributed by atoms with E-state index in [1.165, 1.54) is 19.3 Å². The molecule has 0 N–H and O–H groups in total. The van der Waals surface area contributed by atoms with Crippen molar-refractivity contribution in [2.75, 3.05) is 39.9 Å². The van der Waals surface area contributed by atoms with Crippen molar-refractivity contribution in [3.05, 3.63) is 35.4 Å². The number of nitrogens with zero attached hydrogens (tertiary/aromatic N) is 2. The number of likely N-dealkylation sites (N-methyl/N-ethyl adjacent to an activating group) is 1. The van der Waals surface area contributed by atoms with Gasteiger partial charge in [0.25, 0.3) is 5.91 Å². The first-order chi connectivity index (χ1) is 12.6. The smallest absolute Gasteiger partial charge is 0.254 e. The molecule has 2 saturated heterocycles. The fraction of sp³-hybridized carbons (Fsp3) is 0.682. The van der Waals surface area contributed by atoms with Crippen LogP contribution in [0.25, 0.3) is 0 Å². The van der Waals surface area contributed by atoms with Crippen molar-refractivity contribution in [3.8, 4) is 0 Å². The molecule has 1 aromatic carbocycles. The highest BCUT2D eigenvalue weighted by Gasteiger charge is 2.44. The summed E-state index contributed by atoms with van der Waals surface area (Å²) in [5.41, 5.74) is 2.31. The Morgan fingerprint density at radius 2 is 1.92 bits per heavy atom. The lowest BCUT2D eigenvalue weighted by Gasteiger charge is -2.39. The lowest BCUT2D eigenvalue weighted by atomic mass is 9.76. The molecule has 0 unspecified atom stereocenters. The topological polar surface area (TPSA) is 32.8 Å². The average molecular weight is 357 g/mol. The van der Waals surface area contributed by atoms with Crippen LogP contribution >= 0.6 is 0 Å². The first-order valence-electron chi connectivity index (χ1n) is 10.2. The van der Waals surface area contributed by atoms with Crippen molar-refractivity contribution in [3.63, 3.8) is 0 Å². The standard InChI is InChI=1S/C22H32N2O2/c1-17-5-3-4-6-20(17)21(25)24-11-9-22(10-12-24)13-19(23(2)16-22)15-26-14-18-7-8-18/h3-6,18-19H,7-16H2,1-2H3/t19-/m1/s1. The number of amides is 1. The second kappa shape index (κ2) is 7.32. The Hall–Kier alpha value is -1.39. The molecule has 142 valence electrons. The number of piperidine rings is 1. The number of likely N-dealkylation sites (tertiary alicyclic amines) is 2. The van der Waals surface area contributed by atoms with Crippen molar-refractivity contribution < 1.29 is 9.53 Å². The van der Waals surface area contributed by atoms with Gasteiger partial charge in [0.2, 0.25) is 0 Å². The zero-order valence-corrected chi connectivity index (χ0v) is 16.2. The van der Waals surface area contributed by atoms with E-state index in [0.29, 0.717) is 11.5 Å². The van der Waals surface area contributed by atoms with Gasteiger partial charge in [0.15, 0.2) is 0 Å². The lowest BCUT2D eigenvalue weighted by Crippen LogP contribution is -2.44. The van der Waals surface area contributed by atoms with Crippen LogP contribution in [0.4, 0.5) is 0 Å². The van der Waals surface area contributed by atoms with Gasteiger partial charge in [-0.1, -0.05) is 18.2 Å². The van der Waals surface area contributed by atoms with Crippen LogP contribution in [-0.2, 0) is 4.74 Å². The van der Waals surface area contributed by atoms with E-state index in [1.54, 1.807) is 0 Å². The number of carbonyl (C=O) groups excluding carboxylic acids is 1. The van der Waals surface area contributed by atoms with Crippen LogP contribution in [0.5, 0.6) is 0 Å². The molecule has 2 aliphatic heterocycles. The molecule has 1 amide bonds. The molecule has 4 nitrogen and oxygen atoms in total. The molecule has 3 aliphatic rings. The summed E-state index contributed by atoms with van der Waals surface area (Å²) in [6, 6.07) is 8.49. The SMILES string of the molecule is Cc1ccccc1C(=O)N1CCC2(CC1)C[C@H](COCC1CC1)N(C)C2. The van der Waals surface area contributed by atoms with E-state index in [9.17, 15) is 4.79 Å². The molecule has 1 spiro atoms. The molecule has 1 aliphatic carbocycles. The van der Waals surface area contributed by atoms with E-state index in [-0.39, 0.29) is 5.91 Å². The number of carbonyl (C=O) groups is 1. The predicted molar refractivity (Wildman–Crippen MR) is 103 cm³/mol. The van der Waals surface area contributed by atoms with E-state index in [0.717, 1.165) is 62.7 Å². The Balaban J connectivity index is 1.31. The summed E-state index contributed by atoms with van der Waals surface area (Å²) in [5, 5.41) is 0. The molecule has 1 aromatic rings. The van der Waals surface area contributed by atoms with Crippen molar-refractivity contribution >= 4 is 5.91 Å². The van der Waals surface area contributed by atoms with Crippen LogP contribution in [0.1, 0.15) is 48.0 Å². The van der Waals surface area contributed by atoms with Crippen LogP contribution < -0.4 is 0 Å². The minimum absolute atomic E-state index is 0.202. The second-order valence-corrected chi connectivity index (χ2v) is 8.86. The van der Waals surface area contributed by atoms with Gasteiger partial charge in [-0.2, -0.15) is 0 Å². The van der Waals surface area contributed by atoms with Gasteiger partial charge in [-0.25, -0.2) is 0 Å². The third-order valence-electron chi connectivity index (χ3n) is 6.72. The van der Waals surface area contributed by atoms with Gasteiger partial charge < -0.3 is 14.5 Å². The highest BCUT2D eigenvalue weighted by molar-refractivity contribution is 5.95. The number of ether oxygens (including phenoxy) is 1. The number of rotatable bonds is 5. The molecule has 3 fully saturated rings. The van der Waals surface area contributed by atoms with Gasteiger partial charge in [-0.15, -0.1) is 0 Å². The fourth-order valence-corrected chi connectivity index (χ4v) is 4.75. The van der Waals surface area contributed by atoms with Gasteiger partial charge in [-0.05, 0) is 69.0 Å². The van der Waals surface area contributed by atoms with Crippen molar-refractivity contribution in [1.82, 2.24) is 9.80 Å². The molecular weight excluding hydrogens is 324 g/mol. The predicted octanol–water partition coefficient (Wildman–Crippen LogP) is 3.35. The fourth-order valence-electron chi connectivity index (χ4n) is 4.75. The molecule has 0 bridgehead atoms. The summed E-state index contributed by atoms with van der Waals surface area (Å²) in [6.07, 6.45) is 6.17. The van der Waals surface area contributed by atoms with E-state index >= 15 is 0 Å². The normalized spacial score (nSPS) is 25.8. The maximum atomic E-state index is 12.9. The highest BCUT2D eigenvalue weighted by atomic mass is 16.5. The highest BCUT2D eigenvalue weighted by Crippen LogP contribution is 2.43. The summed E-state index contributed by atoms with van der Waals surface area (Å²) < 4.78 is 5.97. The van der Waals surface area contributed by atoms with Gasteiger partial charge in [0.1, 0.15) is 0 Å². The molecule has 1 saturated carbocycles. The summed E-state index contributed by atoms with van der Waals surface area (Å²) in [5.74, 6) is 1.04. The maximum Gasteiger partial charge on any atom is 0.254 e. The number of hydrogen-bond donors (Lipinski definition) is 0. The molecule has 2 heterocycles. The third-order valence-corrected chi connectivity index (χ3v) is 6.72. The molecule has 1 atom stereocenters. The number of aryl methyl sites for hydroxylation is 1. The van der Waals surface area contributed by atoms with Gasteiger partial charge in [0, 0.05) is 37.8 Å². The van der Waals surface area contributed by atoms with E-state index in [2.05, 4.69) is 16.8 Å². The van der Waals surface area contributed by atoms with Crippen molar-refractivity contribution in [2.45, 2.75) is 45.1 Å². The monoisotopic (exact) mass is 356 g/mol. The van der Waals surface area contributed by atoms with Crippen LogP contribution in [0.3, 0.4) is 0 Å². The Kier molecular flexibility index (Phi) is 5.07. The van der Waals surface area contributed by atoms with Crippen molar-refractivity contribution in [2.24, 2.45) is 11.3 Å². The minimum Gasteiger partial charge on any atom is -0.380 e. The van der Waals surface area contributed by atoms with Crippen LogP contribution in [-0.4, -0.2) is 61.6 Å². The maximum absolute atomic E-state index is 12.9. The Morgan fingerprint density at radius 3 is 2.62 bits per heavy atom. The summed E-state index contributed by atoms with van der Waals surface area (Å²) in [4.78, 5) is 17.4. The summed E-state index contributed by atoms with van der Waals surface area (Å²) in [7, 11) is 2.24. The van der Waals surface area contributed by atoms with Crippen LogP contribution in [0.2, 0.25) is 0 Å². The lowest BCUT2D eigenvalue weighted by molar-refractivity contribution is 0.0587. The van der Waals surface area contributed by atoms with Crippen molar-refractivity contribution in [1.29, 1.82) is 0 Å². The second-order valence-electron chi connectivity index (χ2n) is 8.86. The molecule has 0 radical (unpaired) electrons. The van der Waals surface area contributed by atoms with E-state index < -0.39 is 0 Å². The van der Waals surface area contributed by atoms with Gasteiger partial charge in [0.05, 0.1) is 6.61 Å². The molecule has 0 aromatic heterocycles.